The standard InChI is InChI=1S/C17H21N3O2/c1-19-16(17(21)20-10-4-3-5-11-20)12-15(18-19)13-6-8-14(22-2)9-7-13/h6-9,12H,3-5,10-11H2,1-2H3. The van der Waals surface area contributed by atoms with Gasteiger partial charge in [-0.2, -0.15) is 5.10 Å². The summed E-state index contributed by atoms with van der Waals surface area (Å²) in [6.45, 7) is 1.70. The molecule has 0 radical (unpaired) electrons. The van der Waals surface area contributed by atoms with Gasteiger partial charge in [0, 0.05) is 25.7 Å². The lowest BCUT2D eigenvalue weighted by Crippen LogP contribution is -2.36. The summed E-state index contributed by atoms with van der Waals surface area (Å²) < 4.78 is 6.84. The molecule has 3 rings (SSSR count). The van der Waals surface area contributed by atoms with Crippen LogP contribution in [0.2, 0.25) is 0 Å². The third-order valence-corrected chi connectivity index (χ3v) is 4.13. The molecule has 0 N–H and O–H groups in total. The number of methoxy groups -OCH3 is 1. The van der Waals surface area contributed by atoms with Gasteiger partial charge in [-0.25, -0.2) is 0 Å². The molecule has 1 fully saturated rings. The Bertz CT molecular complexity index is 655. The highest BCUT2D eigenvalue weighted by Crippen LogP contribution is 2.23. The molecule has 2 aromatic rings. The van der Waals surface area contributed by atoms with Gasteiger partial charge >= 0.3 is 0 Å². The maximum absolute atomic E-state index is 12.6. The minimum atomic E-state index is 0.0782. The number of aromatic nitrogens is 2. The van der Waals surface area contributed by atoms with E-state index in [2.05, 4.69) is 5.10 Å². The van der Waals surface area contributed by atoms with Crippen LogP contribution in [0.4, 0.5) is 0 Å². The van der Waals surface area contributed by atoms with E-state index in [1.165, 1.54) is 6.42 Å². The molecule has 0 bridgehead atoms. The summed E-state index contributed by atoms with van der Waals surface area (Å²) in [5.74, 6) is 0.888. The van der Waals surface area contributed by atoms with Crippen molar-refractivity contribution in [2.45, 2.75) is 19.3 Å². The molecular weight excluding hydrogens is 278 g/mol. The van der Waals surface area contributed by atoms with Crippen molar-refractivity contribution in [3.05, 3.63) is 36.0 Å². The van der Waals surface area contributed by atoms with Crippen LogP contribution in [0, 0.1) is 0 Å². The molecule has 2 heterocycles. The second kappa shape index (κ2) is 6.22. The zero-order chi connectivity index (χ0) is 15.5. The number of ether oxygens (including phenoxy) is 1. The summed E-state index contributed by atoms with van der Waals surface area (Å²) in [4.78, 5) is 14.5. The number of benzene rings is 1. The first-order chi connectivity index (χ1) is 10.7. The Balaban J connectivity index is 1.84. The first kappa shape index (κ1) is 14.6. The molecule has 1 aromatic heterocycles. The maximum atomic E-state index is 12.6. The van der Waals surface area contributed by atoms with Crippen LogP contribution < -0.4 is 4.74 Å². The van der Waals surface area contributed by atoms with Gasteiger partial charge < -0.3 is 9.64 Å². The predicted molar refractivity (Wildman–Crippen MR) is 85.0 cm³/mol. The third-order valence-electron chi connectivity index (χ3n) is 4.13. The molecule has 1 saturated heterocycles. The second-order valence-electron chi connectivity index (χ2n) is 5.62. The molecule has 1 aliphatic rings. The monoisotopic (exact) mass is 299 g/mol. The second-order valence-corrected chi connectivity index (χ2v) is 5.62. The zero-order valence-corrected chi connectivity index (χ0v) is 13.1. The number of aryl methyl sites for hydroxylation is 1. The molecule has 5 heteroatoms. The van der Waals surface area contributed by atoms with Gasteiger partial charge in [0.15, 0.2) is 0 Å². The van der Waals surface area contributed by atoms with E-state index < -0.39 is 0 Å². The fraction of sp³-hybridized carbons (Fsp3) is 0.412. The minimum absolute atomic E-state index is 0.0782. The lowest BCUT2D eigenvalue weighted by Gasteiger charge is -2.26. The lowest BCUT2D eigenvalue weighted by molar-refractivity contribution is 0.0713. The van der Waals surface area contributed by atoms with Crippen molar-refractivity contribution in [1.82, 2.24) is 14.7 Å². The van der Waals surface area contributed by atoms with Crippen molar-refractivity contribution >= 4 is 5.91 Å². The summed E-state index contributed by atoms with van der Waals surface area (Å²) in [7, 11) is 3.47. The van der Waals surface area contributed by atoms with Crippen LogP contribution >= 0.6 is 0 Å². The first-order valence-electron chi connectivity index (χ1n) is 7.67. The highest BCUT2D eigenvalue weighted by atomic mass is 16.5. The van der Waals surface area contributed by atoms with Crippen molar-refractivity contribution in [2.24, 2.45) is 7.05 Å². The number of amides is 1. The van der Waals surface area contributed by atoms with Crippen molar-refractivity contribution in [3.63, 3.8) is 0 Å². The van der Waals surface area contributed by atoms with Crippen molar-refractivity contribution in [2.75, 3.05) is 20.2 Å². The number of hydrogen-bond acceptors (Lipinski definition) is 3. The lowest BCUT2D eigenvalue weighted by atomic mass is 10.1. The average molecular weight is 299 g/mol. The Morgan fingerprint density at radius 2 is 1.82 bits per heavy atom. The zero-order valence-electron chi connectivity index (χ0n) is 13.1. The molecule has 1 aliphatic heterocycles. The molecule has 0 saturated carbocycles. The molecule has 116 valence electrons. The van der Waals surface area contributed by atoms with Gasteiger partial charge in [0.05, 0.1) is 12.8 Å². The fourth-order valence-corrected chi connectivity index (χ4v) is 2.83. The number of piperidine rings is 1. The average Bonchev–Trinajstić information content (AvgIpc) is 2.97. The highest BCUT2D eigenvalue weighted by molar-refractivity contribution is 5.93. The topological polar surface area (TPSA) is 47.4 Å². The van der Waals surface area contributed by atoms with Crippen molar-refractivity contribution < 1.29 is 9.53 Å². The van der Waals surface area contributed by atoms with E-state index in [1.807, 2.05) is 42.3 Å². The molecule has 0 unspecified atom stereocenters. The summed E-state index contributed by atoms with van der Waals surface area (Å²) in [5, 5.41) is 4.48. The maximum Gasteiger partial charge on any atom is 0.272 e. The van der Waals surface area contributed by atoms with E-state index >= 15 is 0 Å². The Kier molecular flexibility index (Phi) is 4.13. The summed E-state index contributed by atoms with van der Waals surface area (Å²) in [6, 6.07) is 9.58. The molecular formula is C17H21N3O2. The van der Waals surface area contributed by atoms with Crippen LogP contribution in [-0.4, -0.2) is 40.8 Å². The van der Waals surface area contributed by atoms with E-state index in [1.54, 1.807) is 11.8 Å². The van der Waals surface area contributed by atoms with Gasteiger partial charge in [-0.05, 0) is 49.6 Å². The number of carbonyl (C=O) groups is 1. The predicted octanol–water partition coefficient (Wildman–Crippen LogP) is 2.72. The quantitative estimate of drug-likeness (QED) is 0.875. The van der Waals surface area contributed by atoms with Crippen LogP contribution in [0.15, 0.2) is 30.3 Å². The van der Waals surface area contributed by atoms with Gasteiger partial charge in [0.1, 0.15) is 11.4 Å². The van der Waals surface area contributed by atoms with Gasteiger partial charge in [-0.15, -0.1) is 0 Å². The smallest absolute Gasteiger partial charge is 0.272 e. The summed E-state index contributed by atoms with van der Waals surface area (Å²) >= 11 is 0. The minimum Gasteiger partial charge on any atom is -0.497 e. The molecule has 0 spiro atoms. The van der Waals surface area contributed by atoms with Crippen LogP contribution in [0.25, 0.3) is 11.3 Å². The van der Waals surface area contributed by atoms with Crippen LogP contribution in [-0.2, 0) is 7.05 Å². The van der Waals surface area contributed by atoms with E-state index in [-0.39, 0.29) is 5.91 Å². The van der Waals surface area contributed by atoms with Crippen LogP contribution in [0.1, 0.15) is 29.8 Å². The number of hydrogen-bond donors (Lipinski definition) is 0. The number of carbonyl (C=O) groups excluding carboxylic acids is 1. The molecule has 1 aromatic carbocycles. The number of nitrogens with zero attached hydrogens (tertiary/aromatic N) is 3. The summed E-state index contributed by atoms with van der Waals surface area (Å²) in [6.07, 6.45) is 3.40. The number of likely N-dealkylation sites (tertiary alicyclic amines) is 1. The van der Waals surface area contributed by atoms with E-state index in [0.717, 1.165) is 42.9 Å². The van der Waals surface area contributed by atoms with Crippen LogP contribution in [0.3, 0.4) is 0 Å². The SMILES string of the molecule is COc1ccc(-c2cc(C(=O)N3CCCCC3)n(C)n2)cc1. The van der Waals surface area contributed by atoms with E-state index in [0.29, 0.717) is 5.69 Å². The largest absolute Gasteiger partial charge is 0.497 e. The number of rotatable bonds is 3. The van der Waals surface area contributed by atoms with Crippen LogP contribution in [0.5, 0.6) is 5.75 Å². The van der Waals surface area contributed by atoms with Gasteiger partial charge in [-0.3, -0.25) is 9.48 Å². The molecule has 1 amide bonds. The summed E-state index contributed by atoms with van der Waals surface area (Å²) in [5.41, 5.74) is 2.44. The Labute approximate surface area is 130 Å². The highest BCUT2D eigenvalue weighted by Gasteiger charge is 2.22. The Morgan fingerprint density at radius 1 is 1.14 bits per heavy atom. The van der Waals surface area contributed by atoms with E-state index in [4.69, 9.17) is 4.74 Å². The fourth-order valence-electron chi connectivity index (χ4n) is 2.83. The van der Waals surface area contributed by atoms with Gasteiger partial charge in [0.2, 0.25) is 0 Å². The van der Waals surface area contributed by atoms with Crippen molar-refractivity contribution in [3.8, 4) is 17.0 Å². The molecule has 5 nitrogen and oxygen atoms in total. The molecule has 22 heavy (non-hydrogen) atoms. The third kappa shape index (κ3) is 2.84. The Hall–Kier alpha value is -2.30. The molecule has 0 aliphatic carbocycles. The normalized spacial score (nSPS) is 14.9. The van der Waals surface area contributed by atoms with Gasteiger partial charge in [0.25, 0.3) is 5.91 Å². The van der Waals surface area contributed by atoms with E-state index in [9.17, 15) is 4.79 Å². The van der Waals surface area contributed by atoms with Crippen molar-refractivity contribution in [1.29, 1.82) is 0 Å². The Morgan fingerprint density at radius 3 is 2.45 bits per heavy atom. The molecule has 0 atom stereocenters. The first-order valence-corrected chi connectivity index (χ1v) is 7.67. The van der Waals surface area contributed by atoms with Gasteiger partial charge in [-0.1, -0.05) is 0 Å².